The Kier molecular flexibility index (Phi) is 5.89. The first kappa shape index (κ1) is 21.3. The molecule has 2 aliphatic carbocycles. The number of nitrogens with one attached hydrogen (secondary N) is 1. The molecule has 30 heavy (non-hydrogen) atoms. The molecule has 6 atom stereocenters. The fraction of sp³-hybridized carbons (Fsp3) is 0.500. The lowest BCUT2D eigenvalue weighted by Gasteiger charge is -2.28. The van der Waals surface area contributed by atoms with Gasteiger partial charge in [0.15, 0.2) is 6.61 Å². The van der Waals surface area contributed by atoms with Crippen LogP contribution in [0.4, 0.5) is 5.69 Å². The van der Waals surface area contributed by atoms with Gasteiger partial charge in [0.1, 0.15) is 12.3 Å². The monoisotopic (exact) mass is 542 g/mol. The number of fused-ring (bicyclic) bond motifs is 5. The van der Waals surface area contributed by atoms with Crippen LogP contribution in [0, 0.1) is 23.7 Å². The van der Waals surface area contributed by atoms with E-state index in [1.165, 1.54) is 7.11 Å². The maximum Gasteiger partial charge on any atom is 0.326 e. The first-order valence-electron chi connectivity index (χ1n) is 9.54. The van der Waals surface area contributed by atoms with E-state index in [-0.39, 0.29) is 45.1 Å². The number of nitrogens with zero attached hydrogens (tertiary/aromatic N) is 1. The Morgan fingerprint density at radius 1 is 1.13 bits per heavy atom. The maximum atomic E-state index is 12.8. The topological polar surface area (TPSA) is 102 Å². The van der Waals surface area contributed by atoms with E-state index in [2.05, 4.69) is 37.2 Å². The second-order valence-electron chi connectivity index (χ2n) is 7.71. The van der Waals surface area contributed by atoms with Gasteiger partial charge in [0.05, 0.1) is 18.9 Å². The molecular weight excluding hydrogens is 524 g/mol. The standard InChI is InChI=1S/C20H20Br2N2O6/c1-29-10-4-2-3-9(5-10)23-13(25)8-30-14(26)7-24-19(27)15-11-6-12(16(15)20(24)28)18(22)17(11)21/h2-5,11-12,15-18H,6-8H2,1H3,(H,23,25)/t11-,12-,15-,16-,17-,18+/m1/s1. The molecule has 0 aromatic heterocycles. The lowest BCUT2D eigenvalue weighted by Crippen LogP contribution is -2.38. The van der Waals surface area contributed by atoms with Crippen LogP contribution in [-0.4, -0.2) is 58.5 Å². The maximum absolute atomic E-state index is 12.8. The van der Waals surface area contributed by atoms with Crippen molar-refractivity contribution in [2.75, 3.05) is 25.6 Å². The van der Waals surface area contributed by atoms with Crippen molar-refractivity contribution in [2.24, 2.45) is 23.7 Å². The second-order valence-corrected chi connectivity index (χ2v) is 9.82. The van der Waals surface area contributed by atoms with Crippen molar-refractivity contribution in [3.63, 3.8) is 0 Å². The van der Waals surface area contributed by atoms with E-state index in [0.717, 1.165) is 11.3 Å². The highest BCUT2D eigenvalue weighted by atomic mass is 79.9. The first-order chi connectivity index (χ1) is 14.3. The van der Waals surface area contributed by atoms with Gasteiger partial charge in [0.2, 0.25) is 11.8 Å². The Morgan fingerprint density at radius 2 is 1.77 bits per heavy atom. The summed E-state index contributed by atoms with van der Waals surface area (Å²) in [5, 5.41) is 2.59. The third-order valence-electron chi connectivity index (χ3n) is 6.08. The number of hydrogen-bond acceptors (Lipinski definition) is 6. The first-order valence-corrected chi connectivity index (χ1v) is 11.4. The Hall–Kier alpha value is -1.94. The SMILES string of the molecule is COc1cccc(NC(=O)COC(=O)CN2C(=O)[C@@H]3[C@H]4C[C@@H]([C@@H](Br)[C@H]4Br)[C@H]3C2=O)c1. The Bertz CT molecular complexity index is 877. The van der Waals surface area contributed by atoms with Gasteiger partial charge in [-0.15, -0.1) is 0 Å². The number of halogens is 2. The molecule has 2 bridgehead atoms. The number of esters is 1. The number of anilines is 1. The molecule has 0 spiro atoms. The second kappa shape index (κ2) is 8.30. The molecule has 3 aliphatic rings. The summed E-state index contributed by atoms with van der Waals surface area (Å²) in [5.41, 5.74) is 0.497. The summed E-state index contributed by atoms with van der Waals surface area (Å²) >= 11 is 7.24. The number of methoxy groups -OCH3 is 1. The summed E-state index contributed by atoms with van der Waals surface area (Å²) < 4.78 is 10.1. The van der Waals surface area contributed by atoms with Gasteiger partial charge in [-0.1, -0.05) is 37.9 Å². The molecule has 160 valence electrons. The van der Waals surface area contributed by atoms with Crippen LogP contribution in [0.5, 0.6) is 5.75 Å². The number of carbonyl (C=O) groups excluding carboxylic acids is 4. The van der Waals surface area contributed by atoms with Crippen LogP contribution >= 0.6 is 31.9 Å². The van der Waals surface area contributed by atoms with Gasteiger partial charge in [0.25, 0.3) is 5.91 Å². The van der Waals surface area contributed by atoms with Gasteiger partial charge in [-0.2, -0.15) is 0 Å². The number of amides is 3. The van der Waals surface area contributed by atoms with Gasteiger partial charge in [-0.3, -0.25) is 24.1 Å². The molecule has 3 fully saturated rings. The summed E-state index contributed by atoms with van der Waals surface area (Å²) in [7, 11) is 1.51. The number of hydrogen-bond donors (Lipinski definition) is 1. The molecule has 2 saturated carbocycles. The zero-order chi connectivity index (χ0) is 21.6. The summed E-state index contributed by atoms with van der Waals surface area (Å²) in [6.45, 7) is -0.992. The van der Waals surface area contributed by atoms with Crippen LogP contribution in [0.3, 0.4) is 0 Å². The Labute approximate surface area is 189 Å². The quantitative estimate of drug-likeness (QED) is 0.334. The molecule has 1 heterocycles. The van der Waals surface area contributed by atoms with E-state index in [9.17, 15) is 19.2 Å². The van der Waals surface area contributed by atoms with E-state index >= 15 is 0 Å². The number of ether oxygens (including phenoxy) is 2. The summed E-state index contributed by atoms with van der Waals surface area (Å²) in [6, 6.07) is 6.74. The average molecular weight is 544 g/mol. The fourth-order valence-corrected chi connectivity index (χ4v) is 6.66. The van der Waals surface area contributed by atoms with Crippen molar-refractivity contribution >= 4 is 61.2 Å². The molecule has 0 unspecified atom stereocenters. The molecule has 3 amide bonds. The molecular formula is C20H20Br2N2O6. The lowest BCUT2D eigenvalue weighted by molar-refractivity contribution is -0.154. The Morgan fingerprint density at radius 3 is 2.37 bits per heavy atom. The van der Waals surface area contributed by atoms with E-state index in [1.54, 1.807) is 24.3 Å². The smallest absolute Gasteiger partial charge is 0.326 e. The zero-order valence-corrected chi connectivity index (χ0v) is 19.2. The average Bonchev–Trinajstić information content (AvgIpc) is 3.33. The molecule has 1 aromatic carbocycles. The highest BCUT2D eigenvalue weighted by Crippen LogP contribution is 2.60. The highest BCUT2D eigenvalue weighted by molar-refractivity contribution is 9.12. The molecule has 1 N–H and O–H groups in total. The molecule has 0 radical (unpaired) electrons. The van der Waals surface area contributed by atoms with Crippen molar-refractivity contribution in [1.82, 2.24) is 4.90 Å². The molecule has 8 nitrogen and oxygen atoms in total. The summed E-state index contributed by atoms with van der Waals surface area (Å²) in [6.07, 6.45) is 0.821. The van der Waals surface area contributed by atoms with E-state index in [0.29, 0.717) is 11.4 Å². The molecule has 4 rings (SSSR count). The van der Waals surface area contributed by atoms with Crippen LogP contribution < -0.4 is 10.1 Å². The van der Waals surface area contributed by atoms with Crippen molar-refractivity contribution in [1.29, 1.82) is 0 Å². The molecule has 10 heteroatoms. The van der Waals surface area contributed by atoms with Gasteiger partial charge in [0, 0.05) is 21.4 Å². The minimum Gasteiger partial charge on any atom is -0.497 e. The summed E-state index contributed by atoms with van der Waals surface area (Å²) in [5.74, 6) is -2.00. The van der Waals surface area contributed by atoms with Crippen LogP contribution in [0.2, 0.25) is 0 Å². The number of carbonyl (C=O) groups is 4. The van der Waals surface area contributed by atoms with E-state index < -0.39 is 25.0 Å². The van der Waals surface area contributed by atoms with Crippen LogP contribution in [0.25, 0.3) is 0 Å². The molecule has 1 aliphatic heterocycles. The summed E-state index contributed by atoms with van der Waals surface area (Å²) in [4.78, 5) is 51.0. The van der Waals surface area contributed by atoms with Crippen molar-refractivity contribution in [2.45, 2.75) is 16.1 Å². The van der Waals surface area contributed by atoms with Crippen molar-refractivity contribution in [3.8, 4) is 5.75 Å². The minimum atomic E-state index is -0.796. The van der Waals surface area contributed by atoms with Gasteiger partial charge in [-0.25, -0.2) is 0 Å². The number of benzene rings is 1. The number of likely N-dealkylation sites (tertiary alicyclic amines) is 1. The minimum absolute atomic E-state index is 0.0792. The third-order valence-corrected chi connectivity index (χ3v) is 9.29. The number of alkyl halides is 2. The largest absolute Gasteiger partial charge is 0.497 e. The van der Waals surface area contributed by atoms with Crippen LogP contribution in [0.15, 0.2) is 24.3 Å². The zero-order valence-electron chi connectivity index (χ0n) is 16.0. The van der Waals surface area contributed by atoms with Crippen molar-refractivity contribution in [3.05, 3.63) is 24.3 Å². The van der Waals surface area contributed by atoms with E-state index in [1.807, 2.05) is 0 Å². The van der Waals surface area contributed by atoms with Gasteiger partial charge < -0.3 is 14.8 Å². The Balaban J connectivity index is 1.31. The normalized spacial score (nSPS) is 31.6. The van der Waals surface area contributed by atoms with Gasteiger partial charge in [-0.05, 0) is 30.4 Å². The van der Waals surface area contributed by atoms with Crippen molar-refractivity contribution < 1.29 is 28.7 Å². The van der Waals surface area contributed by atoms with Crippen LogP contribution in [-0.2, 0) is 23.9 Å². The van der Waals surface area contributed by atoms with Crippen LogP contribution in [0.1, 0.15) is 6.42 Å². The highest BCUT2D eigenvalue weighted by Gasteiger charge is 2.66. The third kappa shape index (κ3) is 3.64. The predicted molar refractivity (Wildman–Crippen MR) is 113 cm³/mol. The number of imide groups is 1. The predicted octanol–water partition coefficient (Wildman–Crippen LogP) is 1.95. The lowest BCUT2D eigenvalue weighted by atomic mass is 9.81. The molecule has 1 saturated heterocycles. The molecule has 1 aromatic rings. The van der Waals surface area contributed by atoms with E-state index in [4.69, 9.17) is 9.47 Å². The number of rotatable bonds is 6. The van der Waals surface area contributed by atoms with Gasteiger partial charge >= 0.3 is 5.97 Å². The fourth-order valence-electron chi connectivity index (χ4n) is 4.79.